The third-order valence-electron chi connectivity index (χ3n) is 2.90. The van der Waals surface area contributed by atoms with Crippen LogP contribution in [0.5, 0.6) is 0 Å². The van der Waals surface area contributed by atoms with Crippen LogP contribution in [0.4, 0.5) is 0 Å². The van der Waals surface area contributed by atoms with E-state index in [2.05, 4.69) is 43.4 Å². The highest BCUT2D eigenvalue weighted by molar-refractivity contribution is 5.33. The molecule has 0 unspecified atom stereocenters. The molecule has 0 aliphatic heterocycles. The molecule has 0 spiro atoms. The maximum absolute atomic E-state index is 5.30. The van der Waals surface area contributed by atoms with Gasteiger partial charge in [0.15, 0.2) is 0 Å². The van der Waals surface area contributed by atoms with Crippen molar-refractivity contribution < 1.29 is 4.74 Å². The first-order chi connectivity index (χ1) is 7.61. The van der Waals surface area contributed by atoms with Crippen LogP contribution in [-0.2, 0) is 16.6 Å². The lowest BCUT2D eigenvalue weighted by molar-refractivity contribution is 0.146. The van der Waals surface area contributed by atoms with Gasteiger partial charge in [0.2, 0.25) is 0 Å². The Kier molecular flexibility index (Phi) is 4.97. The van der Waals surface area contributed by atoms with E-state index in [-0.39, 0.29) is 5.41 Å². The number of hydrogen-bond acceptors (Lipinski definition) is 2. The molecule has 0 heterocycles. The SMILES string of the molecule is CNCCc1ccccc1C(C)(C)COC. The van der Waals surface area contributed by atoms with Crippen molar-refractivity contribution in [3.05, 3.63) is 35.4 Å². The van der Waals surface area contributed by atoms with Crippen molar-refractivity contribution in [1.29, 1.82) is 0 Å². The Bertz CT molecular complexity index is 320. The molecule has 0 fully saturated rings. The molecule has 0 aliphatic rings. The maximum Gasteiger partial charge on any atom is 0.0553 e. The molecule has 1 aromatic carbocycles. The summed E-state index contributed by atoms with van der Waals surface area (Å²) in [6.07, 6.45) is 1.07. The highest BCUT2D eigenvalue weighted by atomic mass is 16.5. The summed E-state index contributed by atoms with van der Waals surface area (Å²) in [6, 6.07) is 8.64. The Hall–Kier alpha value is -0.860. The minimum atomic E-state index is 0.0824. The molecule has 0 radical (unpaired) electrons. The Morgan fingerprint density at radius 1 is 1.25 bits per heavy atom. The summed E-state index contributed by atoms with van der Waals surface area (Å²) in [6.45, 7) is 6.23. The number of methoxy groups -OCH3 is 1. The van der Waals surface area contributed by atoms with Crippen molar-refractivity contribution in [1.82, 2.24) is 5.32 Å². The first kappa shape index (κ1) is 13.2. The smallest absolute Gasteiger partial charge is 0.0553 e. The molecule has 0 amide bonds. The third kappa shape index (κ3) is 3.32. The predicted molar refractivity (Wildman–Crippen MR) is 69.0 cm³/mol. The zero-order valence-corrected chi connectivity index (χ0v) is 10.8. The second-order valence-electron chi connectivity index (χ2n) is 4.83. The van der Waals surface area contributed by atoms with Gasteiger partial charge in [-0.25, -0.2) is 0 Å². The monoisotopic (exact) mass is 221 g/mol. The molecule has 0 saturated carbocycles. The van der Waals surface area contributed by atoms with E-state index in [1.54, 1.807) is 7.11 Å². The van der Waals surface area contributed by atoms with Crippen LogP contribution in [0.3, 0.4) is 0 Å². The minimum absolute atomic E-state index is 0.0824. The molecule has 0 aromatic heterocycles. The van der Waals surface area contributed by atoms with E-state index < -0.39 is 0 Å². The zero-order valence-electron chi connectivity index (χ0n) is 10.8. The van der Waals surface area contributed by atoms with Gasteiger partial charge in [0.05, 0.1) is 6.61 Å². The van der Waals surface area contributed by atoms with Gasteiger partial charge in [0, 0.05) is 12.5 Å². The van der Waals surface area contributed by atoms with Gasteiger partial charge in [0.25, 0.3) is 0 Å². The standard InChI is InChI=1S/C14H23NO/c1-14(2,11-16-4)13-8-6-5-7-12(13)9-10-15-3/h5-8,15H,9-11H2,1-4H3. The van der Waals surface area contributed by atoms with Crippen molar-refractivity contribution in [2.24, 2.45) is 0 Å². The van der Waals surface area contributed by atoms with E-state index in [1.807, 2.05) is 7.05 Å². The lowest BCUT2D eigenvalue weighted by Crippen LogP contribution is -2.26. The largest absolute Gasteiger partial charge is 0.384 e. The van der Waals surface area contributed by atoms with Crippen molar-refractivity contribution >= 4 is 0 Å². The van der Waals surface area contributed by atoms with Gasteiger partial charge in [0.1, 0.15) is 0 Å². The van der Waals surface area contributed by atoms with Gasteiger partial charge in [-0.05, 0) is 31.1 Å². The average molecular weight is 221 g/mol. The first-order valence-electron chi connectivity index (χ1n) is 5.83. The number of hydrogen-bond donors (Lipinski definition) is 1. The van der Waals surface area contributed by atoms with Crippen LogP contribution in [0, 0.1) is 0 Å². The number of likely N-dealkylation sites (N-methyl/N-ethyl adjacent to an activating group) is 1. The summed E-state index contributed by atoms with van der Waals surface area (Å²) in [5.41, 5.74) is 2.89. The van der Waals surface area contributed by atoms with Gasteiger partial charge in [-0.1, -0.05) is 38.1 Å². The van der Waals surface area contributed by atoms with Crippen LogP contribution in [0.1, 0.15) is 25.0 Å². The van der Waals surface area contributed by atoms with E-state index in [1.165, 1.54) is 11.1 Å². The summed E-state index contributed by atoms with van der Waals surface area (Å²) < 4.78 is 5.30. The van der Waals surface area contributed by atoms with Gasteiger partial charge < -0.3 is 10.1 Å². The molecule has 1 N–H and O–H groups in total. The van der Waals surface area contributed by atoms with Crippen LogP contribution in [-0.4, -0.2) is 27.3 Å². The van der Waals surface area contributed by atoms with Crippen molar-refractivity contribution in [3.8, 4) is 0 Å². The highest BCUT2D eigenvalue weighted by Gasteiger charge is 2.22. The normalized spacial score (nSPS) is 11.8. The van der Waals surface area contributed by atoms with E-state index in [4.69, 9.17) is 4.74 Å². The summed E-state index contributed by atoms with van der Waals surface area (Å²) in [7, 11) is 3.75. The Morgan fingerprint density at radius 3 is 2.56 bits per heavy atom. The number of ether oxygens (including phenoxy) is 1. The minimum Gasteiger partial charge on any atom is -0.384 e. The topological polar surface area (TPSA) is 21.3 Å². The summed E-state index contributed by atoms with van der Waals surface area (Å²) in [5, 5.41) is 3.20. The van der Waals surface area contributed by atoms with E-state index in [9.17, 15) is 0 Å². The summed E-state index contributed by atoms with van der Waals surface area (Å²) in [4.78, 5) is 0. The van der Waals surface area contributed by atoms with Crippen LogP contribution in [0.2, 0.25) is 0 Å². The fourth-order valence-electron chi connectivity index (χ4n) is 2.10. The zero-order chi connectivity index (χ0) is 12.0. The average Bonchev–Trinajstić information content (AvgIpc) is 2.26. The second kappa shape index (κ2) is 6.02. The molecule has 90 valence electrons. The van der Waals surface area contributed by atoms with E-state index in [0.717, 1.165) is 19.6 Å². The number of rotatable bonds is 6. The first-order valence-corrected chi connectivity index (χ1v) is 5.83. The molecular formula is C14H23NO. The van der Waals surface area contributed by atoms with E-state index >= 15 is 0 Å². The van der Waals surface area contributed by atoms with Crippen LogP contribution in [0.15, 0.2) is 24.3 Å². The quantitative estimate of drug-likeness (QED) is 0.796. The van der Waals surface area contributed by atoms with Gasteiger partial charge in [-0.15, -0.1) is 0 Å². The van der Waals surface area contributed by atoms with Crippen molar-refractivity contribution in [2.75, 3.05) is 27.3 Å². The maximum atomic E-state index is 5.30. The van der Waals surface area contributed by atoms with Crippen molar-refractivity contribution in [2.45, 2.75) is 25.7 Å². The summed E-state index contributed by atoms with van der Waals surface area (Å²) >= 11 is 0. The summed E-state index contributed by atoms with van der Waals surface area (Å²) in [5.74, 6) is 0. The second-order valence-corrected chi connectivity index (χ2v) is 4.83. The molecule has 0 saturated heterocycles. The fraction of sp³-hybridized carbons (Fsp3) is 0.571. The van der Waals surface area contributed by atoms with Crippen LogP contribution >= 0.6 is 0 Å². The van der Waals surface area contributed by atoms with Crippen LogP contribution in [0.25, 0.3) is 0 Å². The lowest BCUT2D eigenvalue weighted by atomic mass is 9.82. The third-order valence-corrected chi connectivity index (χ3v) is 2.90. The lowest BCUT2D eigenvalue weighted by Gasteiger charge is -2.27. The molecule has 16 heavy (non-hydrogen) atoms. The van der Waals surface area contributed by atoms with Crippen molar-refractivity contribution in [3.63, 3.8) is 0 Å². The van der Waals surface area contributed by atoms with Gasteiger partial charge >= 0.3 is 0 Å². The molecule has 0 atom stereocenters. The Balaban J connectivity index is 2.93. The Morgan fingerprint density at radius 2 is 1.94 bits per heavy atom. The van der Waals surface area contributed by atoms with Gasteiger partial charge in [-0.2, -0.15) is 0 Å². The molecule has 2 heteroatoms. The predicted octanol–water partition coefficient (Wildman–Crippen LogP) is 2.37. The number of benzene rings is 1. The molecule has 1 aromatic rings. The number of nitrogens with one attached hydrogen (secondary N) is 1. The molecular weight excluding hydrogens is 198 g/mol. The highest BCUT2D eigenvalue weighted by Crippen LogP contribution is 2.26. The molecule has 0 aliphatic carbocycles. The van der Waals surface area contributed by atoms with E-state index in [0.29, 0.717) is 0 Å². The van der Waals surface area contributed by atoms with Gasteiger partial charge in [-0.3, -0.25) is 0 Å². The van der Waals surface area contributed by atoms with Crippen LogP contribution < -0.4 is 5.32 Å². The Labute approximate surface area is 99.0 Å². The molecule has 0 bridgehead atoms. The molecule has 1 rings (SSSR count). The molecule has 2 nitrogen and oxygen atoms in total. The fourth-order valence-corrected chi connectivity index (χ4v) is 2.10.